The zero-order valence-electron chi connectivity index (χ0n) is 24.2. The predicted octanol–water partition coefficient (Wildman–Crippen LogP) is 1.93. The Morgan fingerprint density at radius 1 is 0.652 bits per heavy atom. The van der Waals surface area contributed by atoms with E-state index in [1.165, 1.54) is 0 Å². The summed E-state index contributed by atoms with van der Waals surface area (Å²) in [6.07, 6.45) is -3.47. The van der Waals surface area contributed by atoms with E-state index in [2.05, 4.69) is 0 Å². The molecule has 8 rings (SSSR count). The average molecular weight is 629 g/mol. The molecule has 2 aromatic rings. The standard InChI is InChI=1S/C33H24O13/c1-8-3-10-4-16(36)45-32(10)24-18(8)28(40)22-20(30(24)42)13(34)5-11(26(22)38)12-6-14(35)21-23(27(12)39)29(41)19-9(2)44-15-7-17(37)46-33(15)25(19)31(21)43/h5-6,8-10,15,32-33,35,39,41,43H,3-4,7H2,1-2H3. The molecule has 13 heteroatoms. The number of fused-ring (bicyclic) bond motifs is 7. The van der Waals surface area contributed by atoms with Crippen molar-refractivity contribution in [3.8, 4) is 34.1 Å². The summed E-state index contributed by atoms with van der Waals surface area (Å²) in [4.78, 5) is 79.1. The van der Waals surface area contributed by atoms with E-state index in [0.717, 1.165) is 12.1 Å². The predicted molar refractivity (Wildman–Crippen MR) is 156 cm³/mol. The largest absolute Gasteiger partial charge is 0.507 e. The van der Waals surface area contributed by atoms with Crippen molar-refractivity contribution in [1.82, 2.24) is 0 Å². The van der Waals surface area contributed by atoms with Crippen LogP contribution in [0.2, 0.25) is 0 Å². The van der Waals surface area contributed by atoms with Gasteiger partial charge in [0.2, 0.25) is 0 Å². The number of benzene rings is 2. The summed E-state index contributed by atoms with van der Waals surface area (Å²) in [5.74, 6) is -4.79. The number of phenolic OH excluding ortho intramolecular Hbond substituents is 4. The topological polar surface area (TPSA) is 211 Å². The van der Waals surface area contributed by atoms with Crippen LogP contribution in [0, 0.1) is 16.4 Å². The number of esters is 2. The minimum Gasteiger partial charge on any atom is -0.507 e. The molecule has 2 aromatic carbocycles. The van der Waals surface area contributed by atoms with E-state index in [0.29, 0.717) is 6.42 Å². The van der Waals surface area contributed by atoms with Gasteiger partial charge in [0.05, 0.1) is 40.2 Å². The molecule has 2 fully saturated rings. The molecule has 3 aliphatic carbocycles. The number of ether oxygens (including phenoxy) is 3. The van der Waals surface area contributed by atoms with Gasteiger partial charge in [-0.3, -0.25) is 28.8 Å². The summed E-state index contributed by atoms with van der Waals surface area (Å²) < 4.78 is 16.5. The van der Waals surface area contributed by atoms with Gasteiger partial charge in [-0.2, -0.15) is 0 Å². The van der Waals surface area contributed by atoms with Gasteiger partial charge in [0, 0.05) is 39.3 Å². The molecule has 3 heterocycles. The van der Waals surface area contributed by atoms with Crippen LogP contribution in [-0.4, -0.2) is 38.5 Å². The van der Waals surface area contributed by atoms with Crippen LogP contribution in [0.15, 0.2) is 31.3 Å². The third-order valence-electron chi connectivity index (χ3n) is 9.90. The third-order valence-corrected chi connectivity index (χ3v) is 9.90. The first-order valence-electron chi connectivity index (χ1n) is 14.7. The zero-order chi connectivity index (χ0) is 32.7. The minimum absolute atomic E-state index is 0.00726. The Labute approximate surface area is 256 Å². The van der Waals surface area contributed by atoms with Crippen LogP contribution in [0.5, 0.6) is 23.0 Å². The van der Waals surface area contributed by atoms with Gasteiger partial charge in [0.15, 0.2) is 27.8 Å². The van der Waals surface area contributed by atoms with Crippen molar-refractivity contribution in [2.24, 2.45) is 5.92 Å². The first-order chi connectivity index (χ1) is 21.8. The van der Waals surface area contributed by atoms with Crippen LogP contribution in [-0.2, 0) is 23.8 Å². The molecule has 3 aliphatic heterocycles. The van der Waals surface area contributed by atoms with E-state index < -0.39 is 119 Å². The molecule has 2 saturated heterocycles. The lowest BCUT2D eigenvalue weighted by Crippen LogP contribution is -2.38. The van der Waals surface area contributed by atoms with Gasteiger partial charge in [-0.05, 0) is 31.4 Å². The fourth-order valence-electron chi connectivity index (χ4n) is 8.04. The van der Waals surface area contributed by atoms with Gasteiger partial charge in [0.1, 0.15) is 35.2 Å². The van der Waals surface area contributed by atoms with E-state index in [1.54, 1.807) is 13.8 Å². The lowest BCUT2D eigenvalue weighted by atomic mass is 9.74. The van der Waals surface area contributed by atoms with Crippen molar-refractivity contribution in [2.45, 2.75) is 63.4 Å². The number of hydrogen-bond donors (Lipinski definition) is 4. The molecule has 234 valence electrons. The summed E-state index contributed by atoms with van der Waals surface area (Å²) in [7, 11) is 0. The highest BCUT2D eigenvalue weighted by Crippen LogP contribution is 2.57. The summed E-state index contributed by atoms with van der Waals surface area (Å²) >= 11 is 0. The number of carbonyl (C=O) groups is 2. The van der Waals surface area contributed by atoms with Crippen molar-refractivity contribution < 1.29 is 44.2 Å². The van der Waals surface area contributed by atoms with Crippen LogP contribution < -0.4 is 21.7 Å². The van der Waals surface area contributed by atoms with Crippen molar-refractivity contribution >= 4 is 22.7 Å². The Kier molecular flexibility index (Phi) is 5.60. The van der Waals surface area contributed by atoms with Crippen molar-refractivity contribution in [3.05, 3.63) is 85.7 Å². The van der Waals surface area contributed by atoms with Crippen LogP contribution >= 0.6 is 0 Å². The van der Waals surface area contributed by atoms with Gasteiger partial charge >= 0.3 is 11.9 Å². The molecule has 0 amide bonds. The molecular weight excluding hydrogens is 604 g/mol. The molecular formula is C33H24O13. The Hall–Kier alpha value is -5.30. The van der Waals surface area contributed by atoms with Crippen LogP contribution in [0.4, 0.5) is 0 Å². The summed E-state index contributed by atoms with van der Waals surface area (Å²) in [6, 6.07) is 1.64. The second-order valence-electron chi connectivity index (χ2n) is 12.5. The maximum Gasteiger partial charge on any atom is 0.309 e. The van der Waals surface area contributed by atoms with Crippen LogP contribution in [0.25, 0.3) is 21.9 Å². The van der Waals surface area contributed by atoms with E-state index in [9.17, 15) is 49.2 Å². The van der Waals surface area contributed by atoms with Crippen LogP contribution in [0.1, 0.15) is 79.6 Å². The van der Waals surface area contributed by atoms with Crippen molar-refractivity contribution in [2.75, 3.05) is 0 Å². The summed E-state index contributed by atoms with van der Waals surface area (Å²) in [5, 5.41) is 43.1. The molecule has 6 aliphatic rings. The second kappa shape index (κ2) is 9.13. The maximum absolute atomic E-state index is 14.0. The van der Waals surface area contributed by atoms with E-state index in [1.807, 2.05) is 0 Å². The number of aromatic hydroxyl groups is 4. The molecule has 4 N–H and O–H groups in total. The molecule has 0 spiro atoms. The highest BCUT2D eigenvalue weighted by atomic mass is 16.6. The molecule has 0 bridgehead atoms. The van der Waals surface area contributed by atoms with E-state index in [4.69, 9.17) is 14.2 Å². The summed E-state index contributed by atoms with van der Waals surface area (Å²) in [5.41, 5.74) is -4.98. The molecule has 6 atom stereocenters. The SMILES string of the molecule is CC1CC2CC(=O)OC2c2c1c(=O)c1c(=O)c(-c3cc(O)c4c(O)c5c(c(O)c4c3O)C(C)OC3CC(=O)OC53)cc(=O)c=1c2=O. The monoisotopic (exact) mass is 628 g/mol. The van der Waals surface area contributed by atoms with Crippen molar-refractivity contribution in [1.29, 1.82) is 0 Å². The van der Waals surface area contributed by atoms with E-state index >= 15 is 0 Å². The van der Waals surface area contributed by atoms with Gasteiger partial charge in [-0.25, -0.2) is 0 Å². The number of rotatable bonds is 1. The Bertz CT molecular complexity index is 2400. The molecule has 0 saturated carbocycles. The quantitative estimate of drug-likeness (QED) is 0.176. The van der Waals surface area contributed by atoms with Gasteiger partial charge in [0.25, 0.3) is 0 Å². The van der Waals surface area contributed by atoms with Gasteiger partial charge in [-0.15, -0.1) is 0 Å². The zero-order valence-corrected chi connectivity index (χ0v) is 24.2. The first-order valence-corrected chi connectivity index (χ1v) is 14.7. The van der Waals surface area contributed by atoms with Crippen molar-refractivity contribution in [3.63, 3.8) is 0 Å². The molecule has 46 heavy (non-hydrogen) atoms. The second-order valence-corrected chi connectivity index (χ2v) is 12.5. The number of hydrogen-bond acceptors (Lipinski definition) is 13. The highest BCUT2D eigenvalue weighted by molar-refractivity contribution is 6.07. The lowest BCUT2D eigenvalue weighted by Gasteiger charge is -2.33. The smallest absolute Gasteiger partial charge is 0.309 e. The maximum atomic E-state index is 14.0. The third kappa shape index (κ3) is 3.43. The van der Waals surface area contributed by atoms with Gasteiger partial charge in [-0.1, -0.05) is 6.92 Å². The fraction of sp³-hybridized carbons (Fsp3) is 0.333. The molecule has 0 radical (unpaired) electrons. The fourth-order valence-corrected chi connectivity index (χ4v) is 8.04. The molecule has 13 nitrogen and oxygen atoms in total. The first kappa shape index (κ1) is 28.2. The van der Waals surface area contributed by atoms with E-state index in [-0.39, 0.29) is 41.0 Å². The molecule has 6 unspecified atom stereocenters. The minimum atomic E-state index is -1.10. The Morgan fingerprint density at radius 3 is 2.04 bits per heavy atom. The highest BCUT2D eigenvalue weighted by Gasteiger charge is 2.48. The Balaban J connectivity index is 1.42. The summed E-state index contributed by atoms with van der Waals surface area (Å²) in [6.45, 7) is 3.22. The average Bonchev–Trinajstić information content (AvgIpc) is 3.55. The lowest BCUT2D eigenvalue weighted by molar-refractivity contribution is -0.143. The number of carbonyl (C=O) groups excluding carboxylic acids is 2. The molecule has 0 aromatic heterocycles. The Morgan fingerprint density at radius 2 is 1.30 bits per heavy atom. The van der Waals surface area contributed by atoms with Crippen LogP contribution in [0.3, 0.4) is 0 Å². The number of phenols is 4. The normalized spacial score (nSPS) is 26.4. The van der Waals surface area contributed by atoms with Gasteiger partial charge < -0.3 is 34.6 Å².